The molecule has 0 radical (unpaired) electrons. The minimum atomic E-state index is 0.130. The number of halogens is 1. The van der Waals surface area contributed by atoms with E-state index in [9.17, 15) is 0 Å². The third-order valence-corrected chi connectivity index (χ3v) is 3.40. The van der Waals surface area contributed by atoms with Crippen LogP contribution in [0.15, 0.2) is 6.20 Å². The minimum Gasteiger partial charge on any atom is -0.330 e. The highest BCUT2D eigenvalue weighted by Gasteiger charge is 2.20. The van der Waals surface area contributed by atoms with E-state index in [0.717, 1.165) is 25.5 Å². The summed E-state index contributed by atoms with van der Waals surface area (Å²) in [5.41, 5.74) is 5.90. The SMILES string of the molecule is CCN(Cc1ncc(Cl)n1C)CC(C)(C)CN. The molecule has 1 aromatic rings. The first-order valence-electron chi connectivity index (χ1n) is 5.98. The minimum absolute atomic E-state index is 0.130. The molecule has 0 amide bonds. The zero-order valence-corrected chi connectivity index (χ0v) is 12.0. The lowest BCUT2D eigenvalue weighted by atomic mass is 9.93. The van der Waals surface area contributed by atoms with Gasteiger partial charge in [-0.1, -0.05) is 32.4 Å². The summed E-state index contributed by atoms with van der Waals surface area (Å²) < 4.78 is 1.92. The van der Waals surface area contributed by atoms with Crippen molar-refractivity contribution in [1.82, 2.24) is 14.5 Å². The molecule has 0 spiro atoms. The van der Waals surface area contributed by atoms with Crippen molar-refractivity contribution >= 4 is 11.6 Å². The van der Waals surface area contributed by atoms with Gasteiger partial charge in [-0.2, -0.15) is 0 Å². The van der Waals surface area contributed by atoms with Crippen LogP contribution < -0.4 is 5.73 Å². The van der Waals surface area contributed by atoms with Crippen molar-refractivity contribution in [1.29, 1.82) is 0 Å². The van der Waals surface area contributed by atoms with Gasteiger partial charge >= 0.3 is 0 Å². The molecule has 1 aromatic heterocycles. The van der Waals surface area contributed by atoms with Crippen LogP contribution in [0, 0.1) is 5.41 Å². The monoisotopic (exact) mass is 258 g/mol. The normalized spacial score (nSPS) is 12.4. The number of nitrogens with two attached hydrogens (primary N) is 1. The van der Waals surface area contributed by atoms with E-state index in [1.807, 2.05) is 11.6 Å². The van der Waals surface area contributed by atoms with Crippen LogP contribution in [-0.4, -0.2) is 34.1 Å². The molecule has 0 bridgehead atoms. The van der Waals surface area contributed by atoms with E-state index in [2.05, 4.69) is 30.7 Å². The summed E-state index contributed by atoms with van der Waals surface area (Å²) in [6, 6.07) is 0. The van der Waals surface area contributed by atoms with Crippen LogP contribution in [0.5, 0.6) is 0 Å². The molecule has 2 N–H and O–H groups in total. The molecule has 0 saturated carbocycles. The molecule has 1 heterocycles. The first-order valence-corrected chi connectivity index (χ1v) is 6.36. The van der Waals surface area contributed by atoms with E-state index in [1.54, 1.807) is 6.20 Å². The van der Waals surface area contributed by atoms with Gasteiger partial charge in [0.2, 0.25) is 0 Å². The highest BCUT2D eigenvalue weighted by molar-refractivity contribution is 6.29. The Morgan fingerprint density at radius 2 is 2.18 bits per heavy atom. The summed E-state index contributed by atoms with van der Waals surface area (Å²) in [5.74, 6) is 0.990. The Morgan fingerprint density at radius 1 is 1.53 bits per heavy atom. The molecule has 4 nitrogen and oxygen atoms in total. The Bertz CT molecular complexity index is 359. The van der Waals surface area contributed by atoms with Gasteiger partial charge in [0.05, 0.1) is 12.7 Å². The Labute approximate surface area is 109 Å². The zero-order chi connectivity index (χ0) is 13.1. The second-order valence-corrected chi connectivity index (χ2v) is 5.62. The van der Waals surface area contributed by atoms with E-state index < -0.39 is 0 Å². The fraction of sp³-hybridized carbons (Fsp3) is 0.750. The van der Waals surface area contributed by atoms with Crippen LogP contribution in [-0.2, 0) is 13.6 Å². The van der Waals surface area contributed by atoms with Crippen molar-refractivity contribution in [2.45, 2.75) is 27.3 Å². The average molecular weight is 259 g/mol. The van der Waals surface area contributed by atoms with Crippen LogP contribution in [0.2, 0.25) is 5.15 Å². The zero-order valence-electron chi connectivity index (χ0n) is 11.2. The first-order chi connectivity index (χ1) is 7.89. The van der Waals surface area contributed by atoms with E-state index in [0.29, 0.717) is 11.7 Å². The maximum atomic E-state index is 5.98. The molecule has 0 fully saturated rings. The molecule has 98 valence electrons. The molecular weight excluding hydrogens is 236 g/mol. The summed E-state index contributed by atoms with van der Waals surface area (Å²) >= 11 is 5.98. The summed E-state index contributed by atoms with van der Waals surface area (Å²) in [5, 5.41) is 0.675. The molecule has 0 unspecified atom stereocenters. The Kier molecular flexibility index (Phi) is 4.98. The summed E-state index contributed by atoms with van der Waals surface area (Å²) in [6.45, 7) is 9.95. The fourth-order valence-electron chi connectivity index (χ4n) is 1.72. The van der Waals surface area contributed by atoms with Crippen LogP contribution in [0.3, 0.4) is 0 Å². The maximum absolute atomic E-state index is 5.98. The van der Waals surface area contributed by atoms with Gasteiger partial charge in [-0.3, -0.25) is 4.90 Å². The van der Waals surface area contributed by atoms with Crippen molar-refractivity contribution in [3.63, 3.8) is 0 Å². The van der Waals surface area contributed by atoms with Gasteiger partial charge in [0.15, 0.2) is 0 Å². The fourth-order valence-corrected chi connectivity index (χ4v) is 1.87. The predicted octanol–water partition coefficient (Wildman–Crippen LogP) is 1.88. The molecule has 0 aliphatic heterocycles. The van der Waals surface area contributed by atoms with Crippen LogP contribution in [0.4, 0.5) is 0 Å². The van der Waals surface area contributed by atoms with Crippen molar-refractivity contribution in [2.75, 3.05) is 19.6 Å². The maximum Gasteiger partial charge on any atom is 0.128 e. The third kappa shape index (κ3) is 3.98. The molecule has 17 heavy (non-hydrogen) atoms. The van der Waals surface area contributed by atoms with Gasteiger partial charge in [0.25, 0.3) is 0 Å². The first kappa shape index (κ1) is 14.5. The standard InChI is InChI=1S/C12H23ClN4/c1-5-17(9-12(2,3)8-14)7-11-15-6-10(13)16(11)4/h6H,5,7-9,14H2,1-4H3. The molecule has 0 aliphatic rings. The molecule has 1 rings (SSSR count). The van der Waals surface area contributed by atoms with Gasteiger partial charge in [-0.25, -0.2) is 4.98 Å². The largest absolute Gasteiger partial charge is 0.330 e. The Balaban J connectivity index is 2.67. The van der Waals surface area contributed by atoms with E-state index in [4.69, 9.17) is 17.3 Å². The van der Waals surface area contributed by atoms with Crippen LogP contribution >= 0.6 is 11.6 Å². The van der Waals surface area contributed by atoms with Crippen molar-refractivity contribution in [3.8, 4) is 0 Å². The quantitative estimate of drug-likeness (QED) is 0.848. The molecule has 0 saturated heterocycles. The van der Waals surface area contributed by atoms with Crippen molar-refractivity contribution < 1.29 is 0 Å². The number of rotatable bonds is 6. The van der Waals surface area contributed by atoms with Gasteiger partial charge in [-0.15, -0.1) is 0 Å². The number of imidazole rings is 1. The Morgan fingerprint density at radius 3 is 2.59 bits per heavy atom. The van der Waals surface area contributed by atoms with Crippen molar-refractivity contribution in [2.24, 2.45) is 18.2 Å². The predicted molar refractivity (Wildman–Crippen MR) is 72.0 cm³/mol. The van der Waals surface area contributed by atoms with E-state index in [-0.39, 0.29) is 5.41 Å². The van der Waals surface area contributed by atoms with E-state index in [1.165, 1.54) is 0 Å². The summed E-state index contributed by atoms with van der Waals surface area (Å²) in [6.07, 6.45) is 1.69. The van der Waals surface area contributed by atoms with Crippen LogP contribution in [0.25, 0.3) is 0 Å². The topological polar surface area (TPSA) is 47.1 Å². The smallest absolute Gasteiger partial charge is 0.128 e. The third-order valence-electron chi connectivity index (χ3n) is 3.04. The molecular formula is C12H23ClN4. The lowest BCUT2D eigenvalue weighted by Crippen LogP contribution is -2.38. The van der Waals surface area contributed by atoms with Crippen molar-refractivity contribution in [3.05, 3.63) is 17.2 Å². The number of hydrogen-bond acceptors (Lipinski definition) is 3. The van der Waals surface area contributed by atoms with Gasteiger partial charge < -0.3 is 10.3 Å². The summed E-state index contributed by atoms with van der Waals surface area (Å²) in [7, 11) is 1.94. The van der Waals surface area contributed by atoms with Gasteiger partial charge in [0.1, 0.15) is 11.0 Å². The Hall–Kier alpha value is -0.580. The number of hydrogen-bond donors (Lipinski definition) is 1. The summed E-state index contributed by atoms with van der Waals surface area (Å²) in [4.78, 5) is 6.66. The number of nitrogens with zero attached hydrogens (tertiary/aromatic N) is 3. The van der Waals surface area contributed by atoms with Gasteiger partial charge in [-0.05, 0) is 18.5 Å². The molecule has 0 aromatic carbocycles. The number of aromatic nitrogens is 2. The second-order valence-electron chi connectivity index (χ2n) is 5.23. The highest BCUT2D eigenvalue weighted by Crippen LogP contribution is 2.17. The lowest BCUT2D eigenvalue weighted by molar-refractivity contribution is 0.178. The molecule has 5 heteroatoms. The lowest BCUT2D eigenvalue weighted by Gasteiger charge is -2.30. The van der Waals surface area contributed by atoms with E-state index >= 15 is 0 Å². The van der Waals surface area contributed by atoms with Crippen LogP contribution in [0.1, 0.15) is 26.6 Å². The highest BCUT2D eigenvalue weighted by atomic mass is 35.5. The average Bonchev–Trinajstić information content (AvgIpc) is 2.60. The molecule has 0 aliphatic carbocycles. The van der Waals surface area contributed by atoms with Gasteiger partial charge in [0, 0.05) is 13.6 Å². The molecule has 0 atom stereocenters. The second kappa shape index (κ2) is 5.85.